The molecule has 0 heterocycles. The Morgan fingerprint density at radius 1 is 0.739 bits per heavy atom. The van der Waals surface area contributed by atoms with Gasteiger partial charge in [-0.05, 0) is 24.0 Å². The fourth-order valence-corrected chi connectivity index (χ4v) is 4.42. The third-order valence-electron chi connectivity index (χ3n) is 3.93. The van der Waals surface area contributed by atoms with Crippen molar-refractivity contribution in [2.45, 2.75) is 23.3 Å². The monoisotopic (exact) mass is 326 g/mol. The summed E-state index contributed by atoms with van der Waals surface area (Å²) in [6, 6.07) is 19.2. The van der Waals surface area contributed by atoms with Crippen LogP contribution in [0.15, 0.2) is 86.0 Å². The molecule has 0 saturated carbocycles. The van der Waals surface area contributed by atoms with Gasteiger partial charge in [-0.15, -0.1) is 13.2 Å². The van der Waals surface area contributed by atoms with Gasteiger partial charge in [-0.25, -0.2) is 8.42 Å². The summed E-state index contributed by atoms with van der Waals surface area (Å²) in [6.07, 6.45) is 3.94. The summed E-state index contributed by atoms with van der Waals surface area (Å²) in [6.45, 7) is 7.47. The maximum atomic E-state index is 13.0. The van der Waals surface area contributed by atoms with E-state index in [-0.39, 0.29) is 0 Å². The predicted molar refractivity (Wildman–Crippen MR) is 97.2 cm³/mol. The van der Waals surface area contributed by atoms with Crippen LogP contribution in [0.1, 0.15) is 11.1 Å². The molecule has 0 fully saturated rings. The second kappa shape index (κ2) is 7.93. The largest absolute Gasteiger partial charge is 0.228 e. The minimum atomic E-state index is -3.40. The Hall–Kier alpha value is -2.13. The van der Waals surface area contributed by atoms with E-state index in [0.717, 1.165) is 11.1 Å². The zero-order valence-electron chi connectivity index (χ0n) is 13.1. The highest BCUT2D eigenvalue weighted by atomic mass is 32.2. The highest BCUT2D eigenvalue weighted by Gasteiger charge is 2.30. The molecule has 2 rings (SSSR count). The van der Waals surface area contributed by atoms with Gasteiger partial charge in [0.2, 0.25) is 0 Å². The molecular weight excluding hydrogens is 304 g/mol. The van der Waals surface area contributed by atoms with Gasteiger partial charge in [-0.3, -0.25) is 0 Å². The summed E-state index contributed by atoms with van der Waals surface area (Å²) in [4.78, 5) is 0. The van der Waals surface area contributed by atoms with Crippen LogP contribution in [0.2, 0.25) is 0 Å². The van der Waals surface area contributed by atoms with E-state index in [9.17, 15) is 8.42 Å². The topological polar surface area (TPSA) is 34.1 Å². The third kappa shape index (κ3) is 4.42. The summed E-state index contributed by atoms with van der Waals surface area (Å²) >= 11 is 0. The Bertz CT molecular complexity index is 674. The number of hydrogen-bond acceptors (Lipinski definition) is 2. The van der Waals surface area contributed by atoms with Gasteiger partial charge in [-0.2, -0.15) is 0 Å². The number of hydrogen-bond donors (Lipinski definition) is 0. The lowest BCUT2D eigenvalue weighted by atomic mass is 10.1. The SMILES string of the molecule is C=CC(Cc1ccccc1)S(=O)(=O)C(C=C)Cc1ccccc1. The van der Waals surface area contributed by atoms with Gasteiger partial charge in [0.05, 0.1) is 10.5 Å². The van der Waals surface area contributed by atoms with E-state index in [4.69, 9.17) is 0 Å². The number of rotatable bonds is 8. The molecule has 2 unspecified atom stereocenters. The molecular formula is C20H22O2S. The smallest absolute Gasteiger partial charge is 0.163 e. The van der Waals surface area contributed by atoms with E-state index >= 15 is 0 Å². The van der Waals surface area contributed by atoms with Crippen molar-refractivity contribution in [3.05, 3.63) is 97.1 Å². The van der Waals surface area contributed by atoms with E-state index in [1.54, 1.807) is 0 Å². The summed E-state index contributed by atoms with van der Waals surface area (Å²) in [7, 11) is -3.40. The van der Waals surface area contributed by atoms with Crippen LogP contribution in [0, 0.1) is 0 Å². The molecule has 0 aromatic heterocycles. The molecule has 0 bridgehead atoms. The van der Waals surface area contributed by atoms with Gasteiger partial charge in [0, 0.05) is 0 Å². The van der Waals surface area contributed by atoms with E-state index < -0.39 is 20.3 Å². The van der Waals surface area contributed by atoms with Gasteiger partial charge >= 0.3 is 0 Å². The van der Waals surface area contributed by atoms with Crippen molar-refractivity contribution in [1.29, 1.82) is 0 Å². The molecule has 3 heteroatoms. The standard InChI is InChI=1S/C20H22O2S/c1-3-19(15-17-11-7-5-8-12-17)23(21,22)20(4-2)16-18-13-9-6-10-14-18/h3-14,19-20H,1-2,15-16H2. The molecule has 0 aliphatic carbocycles. The maximum absolute atomic E-state index is 13.0. The van der Waals surface area contributed by atoms with Crippen LogP contribution in [0.25, 0.3) is 0 Å². The first-order chi connectivity index (χ1) is 11.1. The van der Waals surface area contributed by atoms with E-state index in [0.29, 0.717) is 12.8 Å². The quantitative estimate of drug-likeness (QED) is 0.687. The molecule has 2 aromatic carbocycles. The Balaban J connectivity index is 2.22. The van der Waals surface area contributed by atoms with Crippen LogP contribution in [0.3, 0.4) is 0 Å². The second-order valence-corrected chi connectivity index (χ2v) is 7.91. The molecule has 0 amide bonds. The first kappa shape index (κ1) is 17.2. The van der Waals surface area contributed by atoms with Crippen molar-refractivity contribution in [3.63, 3.8) is 0 Å². The fraction of sp³-hybridized carbons (Fsp3) is 0.200. The summed E-state index contributed by atoms with van der Waals surface area (Å²) in [5, 5.41) is -1.23. The van der Waals surface area contributed by atoms with Crippen LogP contribution < -0.4 is 0 Å². The average molecular weight is 326 g/mol. The summed E-state index contributed by atoms with van der Waals surface area (Å²) in [5.41, 5.74) is 1.98. The predicted octanol–water partition coefficient (Wildman–Crippen LogP) is 4.00. The van der Waals surface area contributed by atoms with Crippen LogP contribution in [-0.2, 0) is 22.7 Å². The Morgan fingerprint density at radius 2 is 1.09 bits per heavy atom. The van der Waals surface area contributed by atoms with Crippen LogP contribution in [0.5, 0.6) is 0 Å². The third-order valence-corrected chi connectivity index (χ3v) is 6.34. The first-order valence-corrected chi connectivity index (χ1v) is 9.24. The molecule has 2 nitrogen and oxygen atoms in total. The summed E-state index contributed by atoms with van der Waals surface area (Å²) in [5.74, 6) is 0. The number of sulfone groups is 1. The van der Waals surface area contributed by atoms with Gasteiger partial charge in [-0.1, -0.05) is 72.8 Å². The van der Waals surface area contributed by atoms with Gasteiger partial charge in [0.25, 0.3) is 0 Å². The average Bonchev–Trinajstić information content (AvgIpc) is 2.59. The summed E-state index contributed by atoms with van der Waals surface area (Å²) < 4.78 is 25.9. The number of benzene rings is 2. The van der Waals surface area contributed by atoms with E-state index in [1.807, 2.05) is 60.7 Å². The first-order valence-electron chi connectivity index (χ1n) is 7.63. The highest BCUT2D eigenvalue weighted by molar-refractivity contribution is 7.93. The Kier molecular flexibility index (Phi) is 5.94. The van der Waals surface area contributed by atoms with Crippen LogP contribution in [-0.4, -0.2) is 18.9 Å². The molecule has 0 N–H and O–H groups in total. The zero-order valence-corrected chi connectivity index (χ0v) is 14.0. The van der Waals surface area contributed by atoms with Gasteiger partial charge in [0.15, 0.2) is 9.84 Å². The fourth-order valence-electron chi connectivity index (χ4n) is 2.58. The molecule has 2 atom stereocenters. The van der Waals surface area contributed by atoms with Crippen molar-refractivity contribution in [1.82, 2.24) is 0 Å². The molecule has 23 heavy (non-hydrogen) atoms. The normalized spacial score (nSPS) is 13.9. The molecule has 0 aliphatic rings. The minimum absolute atomic E-state index is 0.436. The van der Waals surface area contributed by atoms with Gasteiger partial charge < -0.3 is 0 Å². The van der Waals surface area contributed by atoms with Crippen molar-refractivity contribution < 1.29 is 8.42 Å². The highest BCUT2D eigenvalue weighted by Crippen LogP contribution is 2.20. The lowest BCUT2D eigenvalue weighted by molar-refractivity contribution is 0.579. The van der Waals surface area contributed by atoms with Crippen molar-refractivity contribution in [2.24, 2.45) is 0 Å². The molecule has 0 radical (unpaired) electrons. The second-order valence-electron chi connectivity index (χ2n) is 5.52. The molecule has 0 aliphatic heterocycles. The van der Waals surface area contributed by atoms with Crippen molar-refractivity contribution in [2.75, 3.05) is 0 Å². The van der Waals surface area contributed by atoms with E-state index in [2.05, 4.69) is 13.2 Å². The lowest BCUT2D eigenvalue weighted by Crippen LogP contribution is -2.32. The van der Waals surface area contributed by atoms with Crippen LogP contribution in [0.4, 0.5) is 0 Å². The molecule has 0 spiro atoms. The molecule has 2 aromatic rings. The van der Waals surface area contributed by atoms with Crippen LogP contribution >= 0.6 is 0 Å². The Morgan fingerprint density at radius 3 is 1.39 bits per heavy atom. The zero-order chi connectivity index (χ0) is 16.7. The molecule has 0 saturated heterocycles. The Labute approximate surface area is 139 Å². The minimum Gasteiger partial charge on any atom is -0.228 e. The van der Waals surface area contributed by atoms with E-state index in [1.165, 1.54) is 12.2 Å². The van der Waals surface area contributed by atoms with Crippen molar-refractivity contribution in [3.8, 4) is 0 Å². The van der Waals surface area contributed by atoms with Crippen molar-refractivity contribution >= 4 is 9.84 Å². The lowest BCUT2D eigenvalue weighted by Gasteiger charge is -2.20. The van der Waals surface area contributed by atoms with Gasteiger partial charge in [0.1, 0.15) is 0 Å². The maximum Gasteiger partial charge on any atom is 0.163 e. The molecule has 120 valence electrons.